The number of fused-ring (bicyclic) bond motifs is 1. The number of aliphatic carboxylic acids is 2. The van der Waals surface area contributed by atoms with E-state index in [0.29, 0.717) is 13.2 Å². The van der Waals surface area contributed by atoms with E-state index in [0.717, 1.165) is 31.0 Å². The van der Waals surface area contributed by atoms with Crippen LogP contribution in [-0.2, 0) is 41.1 Å². The summed E-state index contributed by atoms with van der Waals surface area (Å²) in [6.45, 7) is 3.67. The number of ether oxygens (including phenoxy) is 1. The number of hydrogen-bond donors (Lipinski definition) is 2. The summed E-state index contributed by atoms with van der Waals surface area (Å²) in [5.74, 6) is -5.28. The van der Waals surface area contributed by atoms with Gasteiger partial charge in [0.1, 0.15) is 5.69 Å². The zero-order valence-corrected chi connectivity index (χ0v) is 20.2. The molecule has 0 spiro atoms. The molecule has 3 aromatic rings. The van der Waals surface area contributed by atoms with Crippen molar-refractivity contribution in [2.75, 3.05) is 13.2 Å². The zero-order valence-electron chi connectivity index (χ0n) is 20.2. The predicted octanol–water partition coefficient (Wildman–Crippen LogP) is 3.39. The maximum atomic E-state index is 10.6. The number of furan rings is 1. The second-order valence-electron chi connectivity index (χ2n) is 7.99. The Balaban J connectivity index is 0.000000317. The maximum absolute atomic E-state index is 10.6. The maximum Gasteiger partial charge on any atom is 0.490 e. The van der Waals surface area contributed by atoms with Crippen molar-refractivity contribution in [1.29, 1.82) is 0 Å². The number of carboxylic acid groups (broad SMARTS) is 2. The number of pyridine rings is 1. The molecule has 0 radical (unpaired) electrons. The van der Waals surface area contributed by atoms with E-state index in [9.17, 15) is 26.3 Å². The Morgan fingerprint density at radius 2 is 1.74 bits per heavy atom. The SMILES string of the molecule is Cn1nnc2c1C(COCc1ccccn1)CN(Cc1ccoc1)C2.O=C(O)C(F)(F)F.O=C(O)C(F)(F)F. The van der Waals surface area contributed by atoms with Crippen LogP contribution in [0.15, 0.2) is 47.4 Å². The van der Waals surface area contributed by atoms with Gasteiger partial charge < -0.3 is 19.4 Å². The number of halogens is 6. The molecule has 0 saturated carbocycles. The first-order valence-corrected chi connectivity index (χ1v) is 10.9. The summed E-state index contributed by atoms with van der Waals surface area (Å²) in [5.41, 5.74) is 4.31. The van der Waals surface area contributed by atoms with Crippen LogP contribution in [0.2, 0.25) is 0 Å². The van der Waals surface area contributed by atoms with E-state index in [1.807, 2.05) is 36.0 Å². The number of aryl methyl sites for hydroxylation is 1. The fourth-order valence-corrected chi connectivity index (χ4v) is 3.38. The second kappa shape index (κ2) is 13.7. The molecule has 4 heterocycles. The Morgan fingerprint density at radius 3 is 2.26 bits per heavy atom. The van der Waals surface area contributed by atoms with Crippen molar-refractivity contribution >= 4 is 11.9 Å². The third-order valence-electron chi connectivity index (χ3n) is 4.95. The Hall–Kier alpha value is -3.99. The van der Waals surface area contributed by atoms with Gasteiger partial charge in [0.15, 0.2) is 0 Å². The molecule has 11 nitrogen and oxygen atoms in total. The molecule has 0 fully saturated rings. The molecule has 214 valence electrons. The van der Waals surface area contributed by atoms with Crippen LogP contribution >= 0.6 is 0 Å². The molecule has 4 rings (SSSR count). The first-order valence-electron chi connectivity index (χ1n) is 10.9. The Bertz CT molecular complexity index is 1160. The topological polar surface area (TPSA) is 144 Å². The molecule has 0 bridgehead atoms. The Morgan fingerprint density at radius 1 is 1.10 bits per heavy atom. The molecule has 0 aliphatic carbocycles. The highest BCUT2D eigenvalue weighted by molar-refractivity contribution is 5.73. The van der Waals surface area contributed by atoms with Gasteiger partial charge in [-0.05, 0) is 18.2 Å². The predicted molar refractivity (Wildman–Crippen MR) is 118 cm³/mol. The smallest absolute Gasteiger partial charge is 0.475 e. The van der Waals surface area contributed by atoms with Gasteiger partial charge in [-0.1, -0.05) is 11.3 Å². The highest BCUT2D eigenvalue weighted by Gasteiger charge is 2.39. The van der Waals surface area contributed by atoms with E-state index in [1.54, 1.807) is 18.7 Å². The average molecular weight is 567 g/mol. The van der Waals surface area contributed by atoms with Gasteiger partial charge in [-0.25, -0.2) is 9.59 Å². The normalized spacial score (nSPS) is 15.3. The van der Waals surface area contributed by atoms with Gasteiger partial charge in [-0.15, -0.1) is 5.10 Å². The lowest BCUT2D eigenvalue weighted by molar-refractivity contribution is -0.193. The summed E-state index contributed by atoms with van der Waals surface area (Å²) in [6, 6.07) is 7.86. The van der Waals surface area contributed by atoms with Gasteiger partial charge in [-0.3, -0.25) is 14.6 Å². The molecule has 39 heavy (non-hydrogen) atoms. The van der Waals surface area contributed by atoms with Crippen molar-refractivity contribution < 1.29 is 55.3 Å². The molecule has 1 aliphatic rings. The van der Waals surface area contributed by atoms with Gasteiger partial charge in [-0.2, -0.15) is 26.3 Å². The van der Waals surface area contributed by atoms with E-state index in [-0.39, 0.29) is 5.92 Å². The minimum absolute atomic E-state index is 0.236. The van der Waals surface area contributed by atoms with Crippen LogP contribution in [0.5, 0.6) is 0 Å². The van der Waals surface area contributed by atoms with Gasteiger partial charge in [0.25, 0.3) is 0 Å². The lowest BCUT2D eigenvalue weighted by Gasteiger charge is -2.31. The van der Waals surface area contributed by atoms with Gasteiger partial charge in [0.05, 0.1) is 37.1 Å². The van der Waals surface area contributed by atoms with Crippen LogP contribution in [0.4, 0.5) is 26.3 Å². The molecular formula is C22H23F6N5O6. The monoisotopic (exact) mass is 567 g/mol. The number of carbonyl (C=O) groups is 2. The van der Waals surface area contributed by atoms with Crippen molar-refractivity contribution in [3.8, 4) is 0 Å². The Kier molecular flexibility index (Phi) is 11.0. The Labute approximate surface area is 216 Å². The molecule has 0 amide bonds. The van der Waals surface area contributed by atoms with E-state index in [2.05, 4.69) is 20.2 Å². The van der Waals surface area contributed by atoms with Gasteiger partial charge in [0, 0.05) is 44.4 Å². The van der Waals surface area contributed by atoms with Crippen LogP contribution < -0.4 is 0 Å². The van der Waals surface area contributed by atoms with E-state index in [1.165, 1.54) is 11.3 Å². The minimum Gasteiger partial charge on any atom is -0.475 e. The summed E-state index contributed by atoms with van der Waals surface area (Å²) in [7, 11) is 1.95. The van der Waals surface area contributed by atoms with Crippen LogP contribution in [0, 0.1) is 0 Å². The van der Waals surface area contributed by atoms with Crippen molar-refractivity contribution in [1.82, 2.24) is 24.9 Å². The number of hydrogen-bond acceptors (Lipinski definition) is 8. The number of carboxylic acids is 2. The summed E-state index contributed by atoms with van der Waals surface area (Å²) >= 11 is 0. The number of alkyl halides is 6. The number of nitrogens with zero attached hydrogens (tertiary/aromatic N) is 5. The largest absolute Gasteiger partial charge is 0.490 e. The summed E-state index contributed by atoms with van der Waals surface area (Å²) in [5, 5.41) is 22.8. The lowest BCUT2D eigenvalue weighted by atomic mass is 9.98. The highest BCUT2D eigenvalue weighted by Crippen LogP contribution is 2.28. The van der Waals surface area contributed by atoms with Crippen molar-refractivity contribution in [3.05, 3.63) is 65.6 Å². The minimum atomic E-state index is -5.08. The summed E-state index contributed by atoms with van der Waals surface area (Å²) in [4.78, 5) is 24.5. The third kappa shape index (κ3) is 10.4. The summed E-state index contributed by atoms with van der Waals surface area (Å²) < 4.78 is 76.5. The molecule has 1 aliphatic heterocycles. The van der Waals surface area contributed by atoms with Crippen LogP contribution in [-0.4, -0.2) is 72.5 Å². The second-order valence-corrected chi connectivity index (χ2v) is 7.99. The third-order valence-corrected chi connectivity index (χ3v) is 4.95. The molecule has 1 unspecified atom stereocenters. The first kappa shape index (κ1) is 31.2. The van der Waals surface area contributed by atoms with E-state index < -0.39 is 24.3 Å². The van der Waals surface area contributed by atoms with E-state index >= 15 is 0 Å². The van der Waals surface area contributed by atoms with Crippen molar-refractivity contribution in [3.63, 3.8) is 0 Å². The van der Waals surface area contributed by atoms with Crippen LogP contribution in [0.1, 0.15) is 28.6 Å². The molecule has 0 saturated heterocycles. The van der Waals surface area contributed by atoms with E-state index in [4.69, 9.17) is 29.0 Å². The molecule has 3 aromatic heterocycles. The van der Waals surface area contributed by atoms with Crippen molar-refractivity contribution in [2.24, 2.45) is 7.05 Å². The van der Waals surface area contributed by atoms with Crippen molar-refractivity contribution in [2.45, 2.75) is 38.0 Å². The molecule has 2 N–H and O–H groups in total. The molecule has 1 atom stereocenters. The van der Waals surface area contributed by atoms with Crippen LogP contribution in [0.3, 0.4) is 0 Å². The standard InChI is InChI=1S/C18H21N5O2.2C2HF3O2/c1-22-18-15(12-25-13-16-4-2-3-6-19-16)9-23(10-17(18)20-21-22)8-14-5-7-24-11-14;2*3-2(4,5)1(6)7/h2-7,11,15H,8-10,12-13H2,1H3;2*(H,6,7). The van der Waals surface area contributed by atoms with Gasteiger partial charge in [0.2, 0.25) is 0 Å². The zero-order chi connectivity index (χ0) is 29.2. The van der Waals surface area contributed by atoms with Crippen LogP contribution in [0.25, 0.3) is 0 Å². The molecular weight excluding hydrogens is 544 g/mol. The fraction of sp³-hybridized carbons (Fsp3) is 0.409. The lowest BCUT2D eigenvalue weighted by Crippen LogP contribution is -2.35. The highest BCUT2D eigenvalue weighted by atomic mass is 19.4. The average Bonchev–Trinajstić information content (AvgIpc) is 3.49. The number of rotatable bonds is 6. The molecule has 17 heteroatoms. The number of aromatic nitrogens is 4. The first-order chi connectivity index (χ1) is 18.2. The molecule has 0 aromatic carbocycles. The van der Waals surface area contributed by atoms with Gasteiger partial charge >= 0.3 is 24.3 Å². The summed E-state index contributed by atoms with van der Waals surface area (Å²) in [6.07, 6.45) is -4.88. The quantitative estimate of drug-likeness (QED) is 0.426. The fourth-order valence-electron chi connectivity index (χ4n) is 3.38.